The molecule has 2 rings (SSSR count). The van der Waals surface area contributed by atoms with Crippen molar-refractivity contribution in [3.63, 3.8) is 0 Å². The number of halogens is 2. The number of hydrogen-bond acceptors (Lipinski definition) is 2. The average Bonchev–Trinajstić information content (AvgIpc) is 2.32. The van der Waals surface area contributed by atoms with E-state index in [9.17, 15) is 13.9 Å². The van der Waals surface area contributed by atoms with E-state index in [-0.39, 0.29) is 6.10 Å². The van der Waals surface area contributed by atoms with Gasteiger partial charge >= 0.3 is 0 Å². The molecule has 0 bridgehead atoms. The van der Waals surface area contributed by atoms with Gasteiger partial charge in [-0.3, -0.25) is 0 Å². The van der Waals surface area contributed by atoms with Gasteiger partial charge in [0, 0.05) is 18.2 Å². The molecule has 1 saturated carbocycles. The third-order valence-electron chi connectivity index (χ3n) is 3.52. The van der Waals surface area contributed by atoms with E-state index in [1.807, 2.05) is 0 Å². The average molecular weight is 255 g/mol. The van der Waals surface area contributed by atoms with Gasteiger partial charge in [-0.1, -0.05) is 12.5 Å². The van der Waals surface area contributed by atoms with Crippen LogP contribution in [0.1, 0.15) is 31.2 Å². The highest BCUT2D eigenvalue weighted by molar-refractivity contribution is 5.18. The molecule has 1 aliphatic carbocycles. The molecule has 2 N–H and O–H groups in total. The summed E-state index contributed by atoms with van der Waals surface area (Å²) in [5, 5.41) is 12.7. The zero-order valence-corrected chi connectivity index (χ0v) is 10.3. The Balaban J connectivity index is 1.77. The lowest BCUT2D eigenvalue weighted by molar-refractivity contribution is 0.101. The first-order valence-corrected chi connectivity index (χ1v) is 6.48. The van der Waals surface area contributed by atoms with E-state index >= 15 is 0 Å². The third-order valence-corrected chi connectivity index (χ3v) is 3.52. The van der Waals surface area contributed by atoms with Crippen molar-refractivity contribution in [3.05, 3.63) is 35.4 Å². The SMILES string of the molecule is OC1CCCC(CNCc2ccc(F)cc2F)C1. The number of hydrogen-bond donors (Lipinski definition) is 2. The van der Waals surface area contributed by atoms with E-state index in [0.29, 0.717) is 18.0 Å². The minimum Gasteiger partial charge on any atom is -0.393 e. The number of benzene rings is 1. The van der Waals surface area contributed by atoms with Crippen molar-refractivity contribution in [3.8, 4) is 0 Å². The fourth-order valence-corrected chi connectivity index (χ4v) is 2.52. The molecule has 0 saturated heterocycles. The van der Waals surface area contributed by atoms with Crippen LogP contribution >= 0.6 is 0 Å². The first kappa shape index (κ1) is 13.4. The standard InChI is InChI=1S/C14H19F2NO/c15-12-5-4-11(14(16)7-12)9-17-8-10-2-1-3-13(18)6-10/h4-5,7,10,13,17-18H,1-3,6,8-9H2. The normalized spacial score (nSPS) is 24.2. The van der Waals surface area contributed by atoms with E-state index in [1.165, 1.54) is 12.1 Å². The van der Waals surface area contributed by atoms with E-state index in [4.69, 9.17) is 0 Å². The molecule has 0 amide bonds. The largest absolute Gasteiger partial charge is 0.393 e. The van der Waals surface area contributed by atoms with Gasteiger partial charge in [0.2, 0.25) is 0 Å². The van der Waals surface area contributed by atoms with Gasteiger partial charge in [-0.05, 0) is 37.8 Å². The summed E-state index contributed by atoms with van der Waals surface area (Å²) in [6.07, 6.45) is 3.68. The van der Waals surface area contributed by atoms with E-state index in [1.54, 1.807) is 0 Å². The molecular formula is C14H19F2NO. The second-order valence-electron chi connectivity index (χ2n) is 5.05. The molecule has 1 fully saturated rings. The van der Waals surface area contributed by atoms with Crippen LogP contribution in [0.5, 0.6) is 0 Å². The molecule has 0 aliphatic heterocycles. The maximum atomic E-state index is 13.4. The van der Waals surface area contributed by atoms with E-state index in [2.05, 4.69) is 5.32 Å². The molecule has 18 heavy (non-hydrogen) atoms. The molecule has 0 heterocycles. The second-order valence-corrected chi connectivity index (χ2v) is 5.05. The number of nitrogens with one attached hydrogen (secondary N) is 1. The minimum absolute atomic E-state index is 0.187. The molecular weight excluding hydrogens is 236 g/mol. The topological polar surface area (TPSA) is 32.3 Å². The van der Waals surface area contributed by atoms with Crippen molar-refractivity contribution in [1.29, 1.82) is 0 Å². The molecule has 2 nitrogen and oxygen atoms in total. The Hall–Kier alpha value is -1.00. The van der Waals surface area contributed by atoms with Gasteiger partial charge in [0.05, 0.1) is 6.10 Å². The molecule has 100 valence electrons. The van der Waals surface area contributed by atoms with Crippen molar-refractivity contribution < 1.29 is 13.9 Å². The maximum absolute atomic E-state index is 13.4. The highest BCUT2D eigenvalue weighted by Crippen LogP contribution is 2.23. The van der Waals surface area contributed by atoms with E-state index in [0.717, 1.165) is 38.3 Å². The summed E-state index contributed by atoms with van der Waals surface area (Å²) >= 11 is 0. The highest BCUT2D eigenvalue weighted by Gasteiger charge is 2.19. The molecule has 0 spiro atoms. The summed E-state index contributed by atoms with van der Waals surface area (Å²) in [4.78, 5) is 0. The predicted molar refractivity (Wildman–Crippen MR) is 66.0 cm³/mol. The molecule has 1 aliphatic rings. The summed E-state index contributed by atoms with van der Waals surface area (Å²) in [6, 6.07) is 3.64. The van der Waals surface area contributed by atoms with Crippen LogP contribution in [-0.2, 0) is 6.54 Å². The Morgan fingerprint density at radius 2 is 2.11 bits per heavy atom. The summed E-state index contributed by atoms with van der Waals surface area (Å²) in [7, 11) is 0. The number of aliphatic hydroxyl groups excluding tert-OH is 1. The summed E-state index contributed by atoms with van der Waals surface area (Å²) in [5.74, 6) is -0.602. The number of aliphatic hydroxyl groups is 1. The summed E-state index contributed by atoms with van der Waals surface area (Å²) in [6.45, 7) is 1.17. The van der Waals surface area contributed by atoms with Crippen molar-refractivity contribution in [1.82, 2.24) is 5.32 Å². The lowest BCUT2D eigenvalue weighted by Gasteiger charge is -2.26. The van der Waals surface area contributed by atoms with Gasteiger partial charge in [0.1, 0.15) is 11.6 Å². The lowest BCUT2D eigenvalue weighted by atomic mass is 9.87. The van der Waals surface area contributed by atoms with Crippen LogP contribution in [0.15, 0.2) is 18.2 Å². The van der Waals surface area contributed by atoms with Gasteiger partial charge in [0.15, 0.2) is 0 Å². The fourth-order valence-electron chi connectivity index (χ4n) is 2.52. The molecule has 2 unspecified atom stereocenters. The third kappa shape index (κ3) is 3.75. The Morgan fingerprint density at radius 3 is 2.83 bits per heavy atom. The Morgan fingerprint density at radius 1 is 1.28 bits per heavy atom. The van der Waals surface area contributed by atoms with Crippen LogP contribution in [0.4, 0.5) is 8.78 Å². The molecule has 1 aromatic rings. The van der Waals surface area contributed by atoms with Crippen LogP contribution in [-0.4, -0.2) is 17.8 Å². The van der Waals surface area contributed by atoms with Gasteiger partial charge in [-0.25, -0.2) is 8.78 Å². The fraction of sp³-hybridized carbons (Fsp3) is 0.571. The smallest absolute Gasteiger partial charge is 0.130 e. The Bertz CT molecular complexity index is 397. The zero-order chi connectivity index (χ0) is 13.0. The zero-order valence-electron chi connectivity index (χ0n) is 10.3. The highest BCUT2D eigenvalue weighted by atomic mass is 19.1. The van der Waals surface area contributed by atoms with Crippen molar-refractivity contribution in [2.75, 3.05) is 6.54 Å². The van der Waals surface area contributed by atoms with E-state index < -0.39 is 11.6 Å². The van der Waals surface area contributed by atoms with Crippen molar-refractivity contribution in [2.24, 2.45) is 5.92 Å². The monoisotopic (exact) mass is 255 g/mol. The first-order chi connectivity index (χ1) is 8.65. The minimum atomic E-state index is -0.549. The van der Waals surface area contributed by atoms with Gasteiger partial charge < -0.3 is 10.4 Å². The van der Waals surface area contributed by atoms with Crippen molar-refractivity contribution >= 4 is 0 Å². The summed E-state index contributed by atoms with van der Waals surface area (Å²) < 4.78 is 26.1. The Labute approximate surface area is 106 Å². The maximum Gasteiger partial charge on any atom is 0.130 e. The van der Waals surface area contributed by atoms with Crippen LogP contribution in [0.2, 0.25) is 0 Å². The molecule has 4 heteroatoms. The molecule has 2 atom stereocenters. The van der Waals surface area contributed by atoms with Crippen molar-refractivity contribution in [2.45, 2.75) is 38.3 Å². The lowest BCUT2D eigenvalue weighted by Crippen LogP contribution is -2.29. The van der Waals surface area contributed by atoms with Gasteiger partial charge in [0.25, 0.3) is 0 Å². The molecule has 0 aromatic heterocycles. The molecule has 1 aromatic carbocycles. The second kappa shape index (κ2) is 6.25. The predicted octanol–water partition coefficient (Wildman–Crippen LogP) is 2.61. The quantitative estimate of drug-likeness (QED) is 0.866. The number of rotatable bonds is 4. The van der Waals surface area contributed by atoms with Crippen LogP contribution in [0, 0.1) is 17.6 Å². The van der Waals surface area contributed by atoms with Crippen LogP contribution in [0.3, 0.4) is 0 Å². The summed E-state index contributed by atoms with van der Waals surface area (Å²) in [5.41, 5.74) is 0.479. The van der Waals surface area contributed by atoms with Crippen LogP contribution in [0.25, 0.3) is 0 Å². The Kier molecular flexibility index (Phi) is 4.66. The van der Waals surface area contributed by atoms with Crippen LogP contribution < -0.4 is 5.32 Å². The first-order valence-electron chi connectivity index (χ1n) is 6.48. The molecule has 0 radical (unpaired) electrons. The van der Waals surface area contributed by atoms with Gasteiger partial charge in [-0.15, -0.1) is 0 Å². The van der Waals surface area contributed by atoms with Gasteiger partial charge in [-0.2, -0.15) is 0 Å².